The molecular formula is C16H22. The van der Waals surface area contributed by atoms with Crippen LogP contribution in [0.4, 0.5) is 0 Å². The second-order valence-corrected chi connectivity index (χ2v) is 4.81. The van der Waals surface area contributed by atoms with Crippen LogP contribution in [-0.4, -0.2) is 0 Å². The maximum Gasteiger partial charge on any atom is -0.00622 e. The molecule has 0 heteroatoms. The lowest BCUT2D eigenvalue weighted by molar-refractivity contribution is 0.518. The van der Waals surface area contributed by atoms with Gasteiger partial charge in [0.15, 0.2) is 0 Å². The Morgan fingerprint density at radius 3 is 2.12 bits per heavy atom. The summed E-state index contributed by atoms with van der Waals surface area (Å²) >= 11 is 0. The van der Waals surface area contributed by atoms with E-state index in [2.05, 4.69) is 64.3 Å². The van der Waals surface area contributed by atoms with Crippen LogP contribution in [0.3, 0.4) is 0 Å². The Morgan fingerprint density at radius 2 is 1.69 bits per heavy atom. The highest BCUT2D eigenvalue weighted by atomic mass is 14.2. The molecule has 2 atom stereocenters. The Labute approximate surface area is 99.7 Å². The van der Waals surface area contributed by atoms with Gasteiger partial charge in [-0.1, -0.05) is 55.0 Å². The number of hydrogen-bond acceptors (Lipinski definition) is 0. The van der Waals surface area contributed by atoms with Crippen molar-refractivity contribution in [1.29, 1.82) is 0 Å². The van der Waals surface area contributed by atoms with Crippen molar-refractivity contribution in [1.82, 2.24) is 0 Å². The zero-order valence-electron chi connectivity index (χ0n) is 10.7. The van der Waals surface area contributed by atoms with Crippen molar-refractivity contribution in [2.45, 2.75) is 33.1 Å². The number of benzene rings is 1. The third-order valence-electron chi connectivity index (χ3n) is 3.18. The van der Waals surface area contributed by atoms with Crippen LogP contribution in [0.15, 0.2) is 54.6 Å². The minimum Gasteiger partial charge on any atom is -0.100 e. The Hall–Kier alpha value is -1.30. The molecule has 1 aromatic carbocycles. The monoisotopic (exact) mass is 214 g/mol. The molecule has 0 saturated carbocycles. The van der Waals surface area contributed by atoms with E-state index < -0.39 is 0 Å². The van der Waals surface area contributed by atoms with Crippen molar-refractivity contribution in [2.24, 2.45) is 5.92 Å². The molecule has 0 aliphatic rings. The minimum atomic E-state index is 0.499. The summed E-state index contributed by atoms with van der Waals surface area (Å²) in [6.07, 6.45) is 1.04. The third-order valence-corrected chi connectivity index (χ3v) is 3.18. The van der Waals surface area contributed by atoms with Gasteiger partial charge in [0, 0.05) is 0 Å². The Morgan fingerprint density at radius 1 is 1.12 bits per heavy atom. The first-order chi connectivity index (χ1) is 7.52. The Balaban J connectivity index is 2.96. The molecule has 0 aromatic heterocycles. The van der Waals surface area contributed by atoms with E-state index in [0.717, 1.165) is 6.42 Å². The van der Waals surface area contributed by atoms with Crippen LogP contribution >= 0.6 is 0 Å². The molecule has 0 unspecified atom stereocenters. The highest BCUT2D eigenvalue weighted by Crippen LogP contribution is 2.33. The molecule has 0 amide bonds. The van der Waals surface area contributed by atoms with Gasteiger partial charge in [0.1, 0.15) is 0 Å². The van der Waals surface area contributed by atoms with Gasteiger partial charge >= 0.3 is 0 Å². The number of allylic oxidation sites excluding steroid dienone is 2. The van der Waals surface area contributed by atoms with E-state index in [0.29, 0.717) is 11.8 Å². The van der Waals surface area contributed by atoms with Gasteiger partial charge in [0.05, 0.1) is 0 Å². The van der Waals surface area contributed by atoms with Gasteiger partial charge in [-0.15, -0.1) is 6.58 Å². The summed E-state index contributed by atoms with van der Waals surface area (Å²) in [5, 5.41) is 0. The highest BCUT2D eigenvalue weighted by molar-refractivity contribution is 5.24. The molecule has 0 N–H and O–H groups in total. The molecule has 1 aromatic rings. The largest absolute Gasteiger partial charge is 0.100 e. The van der Waals surface area contributed by atoms with E-state index in [-0.39, 0.29) is 0 Å². The molecule has 0 aliphatic heterocycles. The van der Waals surface area contributed by atoms with Crippen molar-refractivity contribution in [3.8, 4) is 0 Å². The zero-order chi connectivity index (χ0) is 12.1. The van der Waals surface area contributed by atoms with E-state index in [1.165, 1.54) is 16.7 Å². The third kappa shape index (κ3) is 3.37. The van der Waals surface area contributed by atoms with Crippen molar-refractivity contribution in [3.63, 3.8) is 0 Å². The van der Waals surface area contributed by atoms with Gasteiger partial charge in [0.2, 0.25) is 0 Å². The van der Waals surface area contributed by atoms with Gasteiger partial charge in [-0.3, -0.25) is 0 Å². The molecule has 16 heavy (non-hydrogen) atoms. The van der Waals surface area contributed by atoms with E-state index in [1.807, 2.05) is 0 Å². The molecule has 0 spiro atoms. The highest BCUT2D eigenvalue weighted by Gasteiger charge is 2.19. The molecule has 0 radical (unpaired) electrons. The van der Waals surface area contributed by atoms with E-state index >= 15 is 0 Å². The van der Waals surface area contributed by atoms with Crippen LogP contribution in [-0.2, 0) is 0 Å². The fraction of sp³-hybridized carbons (Fsp3) is 0.375. The summed E-state index contributed by atoms with van der Waals surface area (Å²) in [5.74, 6) is 1.01. The molecule has 1 rings (SSSR count). The average Bonchev–Trinajstić information content (AvgIpc) is 2.26. The fourth-order valence-corrected chi connectivity index (χ4v) is 2.00. The normalized spacial score (nSPS) is 14.2. The lowest BCUT2D eigenvalue weighted by atomic mass is 9.80. The van der Waals surface area contributed by atoms with Crippen molar-refractivity contribution < 1.29 is 0 Å². The van der Waals surface area contributed by atoms with Crippen LogP contribution in [0.1, 0.15) is 38.7 Å². The molecular weight excluding hydrogens is 192 g/mol. The van der Waals surface area contributed by atoms with Crippen LogP contribution in [0.25, 0.3) is 0 Å². The van der Waals surface area contributed by atoms with Crippen LogP contribution in [0, 0.1) is 5.92 Å². The Kier molecular flexibility index (Phi) is 4.54. The van der Waals surface area contributed by atoms with Gasteiger partial charge in [-0.25, -0.2) is 0 Å². The zero-order valence-corrected chi connectivity index (χ0v) is 10.7. The van der Waals surface area contributed by atoms with Crippen LogP contribution < -0.4 is 0 Å². The molecule has 0 heterocycles. The molecule has 0 fully saturated rings. The summed E-state index contributed by atoms with van der Waals surface area (Å²) in [7, 11) is 0. The quantitative estimate of drug-likeness (QED) is 0.608. The summed E-state index contributed by atoms with van der Waals surface area (Å²) in [6, 6.07) is 10.7. The summed E-state index contributed by atoms with van der Waals surface area (Å²) in [6.45, 7) is 14.6. The lowest BCUT2D eigenvalue weighted by Gasteiger charge is -2.25. The molecule has 0 bridgehead atoms. The summed E-state index contributed by atoms with van der Waals surface area (Å²) < 4.78 is 0. The first-order valence-corrected chi connectivity index (χ1v) is 5.87. The van der Waals surface area contributed by atoms with Crippen molar-refractivity contribution in [2.75, 3.05) is 0 Å². The maximum atomic E-state index is 4.08. The second-order valence-electron chi connectivity index (χ2n) is 4.81. The van der Waals surface area contributed by atoms with E-state index in [9.17, 15) is 0 Å². The predicted octanol–water partition coefficient (Wildman–Crippen LogP) is 4.95. The predicted molar refractivity (Wildman–Crippen MR) is 72.6 cm³/mol. The topological polar surface area (TPSA) is 0 Å². The summed E-state index contributed by atoms with van der Waals surface area (Å²) in [5.41, 5.74) is 3.87. The average molecular weight is 214 g/mol. The number of hydrogen-bond donors (Lipinski definition) is 0. The van der Waals surface area contributed by atoms with E-state index in [4.69, 9.17) is 0 Å². The van der Waals surface area contributed by atoms with Crippen molar-refractivity contribution >= 4 is 0 Å². The first-order valence-electron chi connectivity index (χ1n) is 5.87. The van der Waals surface area contributed by atoms with Gasteiger partial charge < -0.3 is 0 Å². The fourth-order valence-electron chi connectivity index (χ4n) is 2.00. The SMILES string of the molecule is C=C(C)C[C@@H](c1ccccc1)[C@@H](C)C(=C)C. The molecule has 0 nitrogen and oxygen atoms in total. The maximum absolute atomic E-state index is 4.08. The van der Waals surface area contributed by atoms with Crippen LogP contribution in [0.5, 0.6) is 0 Å². The summed E-state index contributed by atoms with van der Waals surface area (Å²) in [4.78, 5) is 0. The number of rotatable bonds is 5. The standard InChI is InChI=1S/C16H22/c1-12(2)11-16(14(5)13(3)4)15-9-7-6-8-10-15/h6-10,14,16H,1,3,11H2,2,4-5H3/t14-,16+/m0/s1. The molecule has 86 valence electrons. The van der Waals surface area contributed by atoms with Gasteiger partial charge in [-0.2, -0.15) is 0 Å². The smallest absolute Gasteiger partial charge is 0.00622 e. The minimum absolute atomic E-state index is 0.499. The van der Waals surface area contributed by atoms with E-state index in [1.54, 1.807) is 0 Å². The lowest BCUT2D eigenvalue weighted by Crippen LogP contribution is -2.11. The second kappa shape index (κ2) is 5.69. The Bertz CT molecular complexity index is 359. The first kappa shape index (κ1) is 12.8. The van der Waals surface area contributed by atoms with Crippen LogP contribution in [0.2, 0.25) is 0 Å². The molecule has 0 aliphatic carbocycles. The molecule has 0 saturated heterocycles. The van der Waals surface area contributed by atoms with Gasteiger partial charge in [-0.05, 0) is 37.7 Å². The van der Waals surface area contributed by atoms with Crippen molar-refractivity contribution in [3.05, 3.63) is 60.2 Å². The van der Waals surface area contributed by atoms with Gasteiger partial charge in [0.25, 0.3) is 0 Å².